The van der Waals surface area contributed by atoms with E-state index in [1.54, 1.807) is 0 Å². The Morgan fingerprint density at radius 2 is 2.12 bits per heavy atom. The summed E-state index contributed by atoms with van der Waals surface area (Å²) in [7, 11) is 0. The standard InChI is InChI=1S/C17H19FN2O5/c1-10-4-2-3-5-11(10)6-17(24)7-14(25-13(17)9-21)20-8-12(18)15(22)19-16(20)23/h2-5,8,13-14,21,24H,6-7,9H2,1H3,(H,19,22,23)/t13-,14-,17+/m1/s1. The molecule has 25 heavy (non-hydrogen) atoms. The molecule has 0 saturated carbocycles. The van der Waals surface area contributed by atoms with Crippen LogP contribution < -0.4 is 11.2 Å². The number of ether oxygens (including phenoxy) is 1. The first kappa shape index (κ1) is 17.5. The average molecular weight is 350 g/mol. The maximum absolute atomic E-state index is 13.5. The molecule has 8 heteroatoms. The number of aromatic nitrogens is 2. The van der Waals surface area contributed by atoms with Crippen LogP contribution in [-0.4, -0.2) is 38.1 Å². The van der Waals surface area contributed by atoms with E-state index < -0.39 is 41.6 Å². The Bertz CT molecular complexity index is 893. The highest BCUT2D eigenvalue weighted by molar-refractivity contribution is 5.28. The number of rotatable bonds is 4. The summed E-state index contributed by atoms with van der Waals surface area (Å²) in [6.45, 7) is 1.45. The molecule has 3 atom stereocenters. The van der Waals surface area contributed by atoms with Crippen LogP contribution in [0.15, 0.2) is 40.1 Å². The smallest absolute Gasteiger partial charge is 0.330 e. The van der Waals surface area contributed by atoms with Crippen molar-refractivity contribution >= 4 is 0 Å². The fourth-order valence-electron chi connectivity index (χ4n) is 3.17. The molecule has 0 bridgehead atoms. The van der Waals surface area contributed by atoms with Gasteiger partial charge < -0.3 is 14.9 Å². The van der Waals surface area contributed by atoms with E-state index in [0.717, 1.165) is 21.9 Å². The zero-order valence-corrected chi connectivity index (χ0v) is 13.6. The fraction of sp³-hybridized carbons (Fsp3) is 0.412. The Morgan fingerprint density at radius 3 is 2.80 bits per heavy atom. The van der Waals surface area contributed by atoms with Crippen LogP contribution in [0, 0.1) is 12.7 Å². The van der Waals surface area contributed by atoms with Crippen molar-refractivity contribution in [3.05, 3.63) is 68.2 Å². The molecule has 1 aliphatic heterocycles. The lowest BCUT2D eigenvalue weighted by atomic mass is 9.86. The van der Waals surface area contributed by atoms with Gasteiger partial charge in [-0.25, -0.2) is 4.79 Å². The molecule has 1 aromatic carbocycles. The molecule has 1 fully saturated rings. The number of hydrogen-bond acceptors (Lipinski definition) is 5. The zero-order valence-electron chi connectivity index (χ0n) is 13.6. The lowest BCUT2D eigenvalue weighted by molar-refractivity contribution is -0.0823. The Hall–Kier alpha value is -2.29. The molecule has 3 rings (SSSR count). The Kier molecular flexibility index (Phi) is 4.59. The first-order valence-corrected chi connectivity index (χ1v) is 7.88. The van der Waals surface area contributed by atoms with Gasteiger partial charge in [-0.15, -0.1) is 0 Å². The van der Waals surface area contributed by atoms with Gasteiger partial charge in [-0.1, -0.05) is 24.3 Å². The largest absolute Gasteiger partial charge is 0.394 e. The lowest BCUT2D eigenvalue weighted by Gasteiger charge is -2.27. The molecule has 1 aromatic heterocycles. The van der Waals surface area contributed by atoms with Gasteiger partial charge in [0.1, 0.15) is 17.9 Å². The normalized spacial score (nSPS) is 26.1. The van der Waals surface area contributed by atoms with Crippen LogP contribution in [-0.2, 0) is 11.2 Å². The highest BCUT2D eigenvalue weighted by Gasteiger charge is 2.48. The molecule has 0 spiro atoms. The van der Waals surface area contributed by atoms with Crippen molar-refractivity contribution < 1.29 is 19.3 Å². The van der Waals surface area contributed by atoms with Crippen LogP contribution in [0.25, 0.3) is 0 Å². The van der Waals surface area contributed by atoms with Crippen molar-refractivity contribution in [1.29, 1.82) is 0 Å². The number of halogens is 1. The predicted octanol–water partition coefficient (Wildman–Crippen LogP) is 0.238. The molecule has 0 amide bonds. The number of benzene rings is 1. The van der Waals surface area contributed by atoms with Crippen molar-refractivity contribution in [3.8, 4) is 0 Å². The quantitative estimate of drug-likeness (QED) is 0.733. The van der Waals surface area contributed by atoms with Crippen LogP contribution in [0.2, 0.25) is 0 Å². The van der Waals surface area contributed by atoms with E-state index in [-0.39, 0.29) is 12.8 Å². The number of nitrogens with zero attached hydrogens (tertiary/aromatic N) is 1. The number of aromatic amines is 1. The SMILES string of the molecule is Cc1ccccc1C[C@]1(O)C[C@H](n2cc(F)c(=O)[nH]c2=O)O[C@@H]1CO. The van der Waals surface area contributed by atoms with Gasteiger partial charge in [-0.2, -0.15) is 4.39 Å². The van der Waals surface area contributed by atoms with Crippen LogP contribution >= 0.6 is 0 Å². The number of aliphatic hydroxyl groups is 2. The molecular weight excluding hydrogens is 331 g/mol. The van der Waals surface area contributed by atoms with E-state index in [1.165, 1.54) is 0 Å². The highest BCUT2D eigenvalue weighted by Crippen LogP contribution is 2.38. The van der Waals surface area contributed by atoms with Crippen LogP contribution in [0.1, 0.15) is 23.8 Å². The summed E-state index contributed by atoms with van der Waals surface area (Å²) in [5.74, 6) is -1.13. The summed E-state index contributed by atoms with van der Waals surface area (Å²) < 4.78 is 20.0. The van der Waals surface area contributed by atoms with Crippen LogP contribution in [0.4, 0.5) is 4.39 Å². The second kappa shape index (κ2) is 6.55. The number of aliphatic hydroxyl groups excluding tert-OH is 1. The van der Waals surface area contributed by atoms with Gasteiger partial charge in [0.05, 0.1) is 12.8 Å². The molecule has 134 valence electrons. The Labute approximate surface area is 142 Å². The molecule has 2 heterocycles. The molecule has 1 aliphatic rings. The minimum atomic E-state index is -1.43. The minimum absolute atomic E-state index is 0.0298. The third-order valence-corrected chi connectivity index (χ3v) is 4.61. The molecule has 0 aliphatic carbocycles. The summed E-state index contributed by atoms with van der Waals surface area (Å²) in [5.41, 5.74) is -1.53. The minimum Gasteiger partial charge on any atom is -0.394 e. The number of hydrogen-bond donors (Lipinski definition) is 3. The maximum atomic E-state index is 13.5. The number of H-pyrrole nitrogens is 1. The second-order valence-corrected chi connectivity index (χ2v) is 6.32. The third kappa shape index (κ3) is 3.28. The maximum Gasteiger partial charge on any atom is 0.330 e. The van der Waals surface area contributed by atoms with E-state index in [0.29, 0.717) is 0 Å². The highest BCUT2D eigenvalue weighted by atomic mass is 19.1. The van der Waals surface area contributed by atoms with Gasteiger partial charge >= 0.3 is 5.69 Å². The number of aryl methyl sites for hydroxylation is 1. The van der Waals surface area contributed by atoms with Crippen molar-refractivity contribution in [2.24, 2.45) is 0 Å². The van der Waals surface area contributed by atoms with Crippen molar-refractivity contribution in [3.63, 3.8) is 0 Å². The zero-order chi connectivity index (χ0) is 18.2. The van der Waals surface area contributed by atoms with Gasteiger partial charge in [-0.05, 0) is 18.1 Å². The monoisotopic (exact) mass is 350 g/mol. The van der Waals surface area contributed by atoms with E-state index in [2.05, 4.69) is 0 Å². The van der Waals surface area contributed by atoms with Crippen molar-refractivity contribution in [2.75, 3.05) is 6.61 Å². The van der Waals surface area contributed by atoms with Crippen LogP contribution in [0.5, 0.6) is 0 Å². The molecule has 7 nitrogen and oxygen atoms in total. The first-order chi connectivity index (χ1) is 11.8. The molecule has 3 N–H and O–H groups in total. The fourth-order valence-corrected chi connectivity index (χ4v) is 3.17. The van der Waals surface area contributed by atoms with E-state index in [1.807, 2.05) is 36.2 Å². The second-order valence-electron chi connectivity index (χ2n) is 6.32. The van der Waals surface area contributed by atoms with Crippen molar-refractivity contribution in [2.45, 2.75) is 37.7 Å². The van der Waals surface area contributed by atoms with Gasteiger partial charge in [0, 0.05) is 12.8 Å². The molecule has 0 radical (unpaired) electrons. The number of nitrogens with one attached hydrogen (secondary N) is 1. The Morgan fingerprint density at radius 1 is 1.40 bits per heavy atom. The first-order valence-electron chi connectivity index (χ1n) is 7.88. The summed E-state index contributed by atoms with van der Waals surface area (Å²) >= 11 is 0. The van der Waals surface area contributed by atoms with Crippen molar-refractivity contribution in [1.82, 2.24) is 9.55 Å². The summed E-state index contributed by atoms with van der Waals surface area (Å²) in [5, 5.41) is 20.6. The predicted molar refractivity (Wildman–Crippen MR) is 86.7 cm³/mol. The van der Waals surface area contributed by atoms with Gasteiger partial charge in [0.2, 0.25) is 5.82 Å². The Balaban J connectivity index is 1.92. The molecule has 2 aromatic rings. The topological polar surface area (TPSA) is 105 Å². The molecular formula is C17H19FN2O5. The average Bonchev–Trinajstić information content (AvgIpc) is 2.89. The van der Waals surface area contributed by atoms with Crippen LogP contribution in [0.3, 0.4) is 0 Å². The summed E-state index contributed by atoms with van der Waals surface area (Å²) in [6, 6.07) is 7.49. The summed E-state index contributed by atoms with van der Waals surface area (Å²) in [4.78, 5) is 24.9. The molecule has 0 unspecified atom stereocenters. The van der Waals surface area contributed by atoms with E-state index in [9.17, 15) is 24.2 Å². The van der Waals surface area contributed by atoms with Gasteiger partial charge in [-0.3, -0.25) is 14.3 Å². The van der Waals surface area contributed by atoms with Gasteiger partial charge in [0.25, 0.3) is 5.56 Å². The third-order valence-electron chi connectivity index (χ3n) is 4.61. The van der Waals surface area contributed by atoms with E-state index >= 15 is 0 Å². The summed E-state index contributed by atoms with van der Waals surface area (Å²) in [6.07, 6.45) is -1.01. The van der Waals surface area contributed by atoms with E-state index in [4.69, 9.17) is 4.74 Å². The van der Waals surface area contributed by atoms with Gasteiger partial charge in [0.15, 0.2) is 0 Å². The lowest BCUT2D eigenvalue weighted by Crippen LogP contribution is -2.42. The molecule has 1 saturated heterocycles.